The number of carbonyl (C=O) groups is 3. The third-order valence-corrected chi connectivity index (χ3v) is 4.75. The summed E-state index contributed by atoms with van der Waals surface area (Å²) in [5.74, 6) is -1.24. The molecule has 2 rings (SSSR count). The average molecular weight is 466 g/mol. The molecule has 0 radical (unpaired) electrons. The van der Waals surface area contributed by atoms with Gasteiger partial charge >= 0.3 is 11.9 Å². The summed E-state index contributed by atoms with van der Waals surface area (Å²) >= 11 is 0. The zero-order valence-electron chi connectivity index (χ0n) is 19.9. The van der Waals surface area contributed by atoms with Gasteiger partial charge in [0.25, 0.3) is 0 Å². The number of amides is 1. The molecular weight excluding hydrogens is 434 g/mol. The number of allylic oxidation sites excluding steroid dienone is 2. The lowest BCUT2D eigenvalue weighted by atomic mass is 10.0. The third-order valence-electron chi connectivity index (χ3n) is 4.75. The van der Waals surface area contributed by atoms with Crippen LogP contribution in [0.3, 0.4) is 0 Å². The SMILES string of the molecule is CC(=O)Oc1ccc(/C=C/C(=O)N[C@H](C(=O)OCc2ccccc2)[C@@H](C)O)cc1CC=C(C)C. The summed E-state index contributed by atoms with van der Waals surface area (Å²) in [5.41, 5.74) is 3.43. The first-order valence-electron chi connectivity index (χ1n) is 11.0. The van der Waals surface area contributed by atoms with Crippen molar-refractivity contribution in [3.05, 3.63) is 82.9 Å². The van der Waals surface area contributed by atoms with Crippen LogP contribution in [0.2, 0.25) is 0 Å². The van der Waals surface area contributed by atoms with E-state index in [1.807, 2.05) is 56.3 Å². The fraction of sp³-hybridized carbons (Fsp3) is 0.296. The molecule has 2 N–H and O–H groups in total. The van der Waals surface area contributed by atoms with E-state index in [2.05, 4.69) is 5.32 Å². The van der Waals surface area contributed by atoms with Gasteiger partial charge in [-0.3, -0.25) is 9.59 Å². The van der Waals surface area contributed by atoms with Crippen molar-refractivity contribution < 1.29 is 29.0 Å². The van der Waals surface area contributed by atoms with Crippen molar-refractivity contribution in [3.63, 3.8) is 0 Å². The van der Waals surface area contributed by atoms with E-state index >= 15 is 0 Å². The first-order chi connectivity index (χ1) is 16.2. The number of carbonyl (C=O) groups excluding carboxylic acids is 3. The van der Waals surface area contributed by atoms with Gasteiger partial charge in [0.1, 0.15) is 12.4 Å². The molecule has 0 heterocycles. The van der Waals surface area contributed by atoms with Gasteiger partial charge in [-0.2, -0.15) is 0 Å². The van der Waals surface area contributed by atoms with Gasteiger partial charge in [0, 0.05) is 13.0 Å². The molecule has 2 aromatic rings. The summed E-state index contributed by atoms with van der Waals surface area (Å²) in [6.07, 6.45) is 4.28. The predicted molar refractivity (Wildman–Crippen MR) is 130 cm³/mol. The largest absolute Gasteiger partial charge is 0.459 e. The van der Waals surface area contributed by atoms with Gasteiger partial charge in [0.15, 0.2) is 6.04 Å². The second-order valence-electron chi connectivity index (χ2n) is 8.10. The normalized spacial score (nSPS) is 12.5. The Balaban J connectivity index is 2.07. The Bertz CT molecular complexity index is 1050. The number of rotatable bonds is 10. The summed E-state index contributed by atoms with van der Waals surface area (Å²) < 4.78 is 10.5. The second kappa shape index (κ2) is 13.1. The van der Waals surface area contributed by atoms with Gasteiger partial charge in [-0.05, 0) is 62.1 Å². The number of hydrogen-bond acceptors (Lipinski definition) is 6. The van der Waals surface area contributed by atoms with E-state index in [-0.39, 0.29) is 6.61 Å². The summed E-state index contributed by atoms with van der Waals surface area (Å²) in [4.78, 5) is 36.2. The minimum Gasteiger partial charge on any atom is -0.459 e. The molecule has 0 aromatic heterocycles. The smallest absolute Gasteiger partial charge is 0.331 e. The van der Waals surface area contributed by atoms with Crippen LogP contribution in [0.5, 0.6) is 5.75 Å². The van der Waals surface area contributed by atoms with Gasteiger partial charge in [-0.1, -0.05) is 48.0 Å². The number of aliphatic hydroxyl groups is 1. The fourth-order valence-corrected chi connectivity index (χ4v) is 3.00. The maximum absolute atomic E-state index is 12.4. The summed E-state index contributed by atoms with van der Waals surface area (Å²) in [6, 6.07) is 13.1. The molecule has 0 saturated carbocycles. The Hall–Kier alpha value is -3.71. The molecule has 0 aliphatic heterocycles. The van der Waals surface area contributed by atoms with Gasteiger partial charge in [-0.15, -0.1) is 0 Å². The molecule has 34 heavy (non-hydrogen) atoms. The monoisotopic (exact) mass is 465 g/mol. The van der Waals surface area contributed by atoms with Crippen LogP contribution in [0, 0.1) is 0 Å². The number of esters is 2. The summed E-state index contributed by atoms with van der Waals surface area (Å²) in [7, 11) is 0. The number of nitrogens with one attached hydrogen (secondary N) is 1. The Morgan fingerprint density at radius 3 is 2.38 bits per heavy atom. The molecule has 7 nitrogen and oxygen atoms in total. The lowest BCUT2D eigenvalue weighted by Crippen LogP contribution is -2.48. The van der Waals surface area contributed by atoms with Crippen LogP contribution < -0.4 is 10.1 Å². The van der Waals surface area contributed by atoms with Crippen LogP contribution in [0.15, 0.2) is 66.3 Å². The third kappa shape index (κ3) is 9.03. The number of hydrogen-bond donors (Lipinski definition) is 2. The maximum Gasteiger partial charge on any atom is 0.331 e. The highest BCUT2D eigenvalue weighted by molar-refractivity contribution is 5.94. The molecule has 2 aromatic carbocycles. The molecule has 0 fully saturated rings. The van der Waals surface area contributed by atoms with Crippen LogP contribution in [0.4, 0.5) is 0 Å². The summed E-state index contributed by atoms with van der Waals surface area (Å²) in [5, 5.41) is 12.5. The van der Waals surface area contributed by atoms with E-state index in [4.69, 9.17) is 9.47 Å². The molecular formula is C27H31NO6. The quantitative estimate of drug-likeness (QED) is 0.240. The highest BCUT2D eigenvalue weighted by Gasteiger charge is 2.26. The molecule has 0 saturated heterocycles. The molecule has 0 aliphatic carbocycles. The molecule has 180 valence electrons. The topological polar surface area (TPSA) is 102 Å². The van der Waals surface area contributed by atoms with E-state index < -0.39 is 30.0 Å². The Kier molecular flexibility index (Phi) is 10.2. The average Bonchev–Trinajstić information content (AvgIpc) is 2.79. The van der Waals surface area contributed by atoms with Crippen molar-refractivity contribution in [2.75, 3.05) is 0 Å². The van der Waals surface area contributed by atoms with Crippen molar-refractivity contribution >= 4 is 23.9 Å². The molecule has 0 spiro atoms. The van der Waals surface area contributed by atoms with E-state index in [0.29, 0.717) is 17.7 Å². The molecule has 1 amide bonds. The van der Waals surface area contributed by atoms with Crippen molar-refractivity contribution in [1.82, 2.24) is 5.32 Å². The Morgan fingerprint density at radius 1 is 1.06 bits per heavy atom. The summed E-state index contributed by atoms with van der Waals surface area (Å²) in [6.45, 7) is 6.73. The standard InChI is InChI=1S/C27H31NO6/c1-18(2)10-13-23-16-21(11-14-24(23)34-20(4)30)12-15-25(31)28-26(19(3)29)27(32)33-17-22-8-6-5-7-9-22/h5-12,14-16,19,26,29H,13,17H2,1-4H3,(H,28,31)/b15-12+/t19-,26+/m1/s1. The molecule has 0 aliphatic rings. The van der Waals surface area contributed by atoms with Gasteiger partial charge in [0.05, 0.1) is 6.10 Å². The number of benzene rings is 2. The maximum atomic E-state index is 12.4. The lowest BCUT2D eigenvalue weighted by molar-refractivity contribution is -0.151. The van der Waals surface area contributed by atoms with Crippen molar-refractivity contribution in [2.45, 2.75) is 52.9 Å². The van der Waals surface area contributed by atoms with Crippen molar-refractivity contribution in [1.29, 1.82) is 0 Å². The lowest BCUT2D eigenvalue weighted by Gasteiger charge is -2.19. The highest BCUT2D eigenvalue weighted by atomic mass is 16.5. The van der Waals surface area contributed by atoms with E-state index in [1.165, 1.54) is 19.9 Å². The van der Waals surface area contributed by atoms with Crippen LogP contribution in [-0.2, 0) is 32.1 Å². The van der Waals surface area contributed by atoms with E-state index in [9.17, 15) is 19.5 Å². The first kappa shape index (κ1) is 26.5. The number of ether oxygens (including phenoxy) is 2. The van der Waals surface area contributed by atoms with Crippen LogP contribution in [0.1, 0.15) is 44.4 Å². The fourth-order valence-electron chi connectivity index (χ4n) is 3.00. The van der Waals surface area contributed by atoms with Crippen LogP contribution >= 0.6 is 0 Å². The molecule has 0 unspecified atom stereocenters. The Labute approximate surface area is 200 Å². The van der Waals surface area contributed by atoms with E-state index in [1.54, 1.807) is 18.2 Å². The minimum absolute atomic E-state index is 0.0394. The molecule has 7 heteroatoms. The number of aliphatic hydroxyl groups excluding tert-OH is 1. The van der Waals surface area contributed by atoms with Crippen molar-refractivity contribution in [3.8, 4) is 5.75 Å². The Morgan fingerprint density at radius 2 is 1.76 bits per heavy atom. The zero-order valence-corrected chi connectivity index (χ0v) is 19.9. The zero-order chi connectivity index (χ0) is 25.1. The van der Waals surface area contributed by atoms with Crippen LogP contribution in [-0.4, -0.2) is 35.1 Å². The first-order valence-corrected chi connectivity index (χ1v) is 11.0. The van der Waals surface area contributed by atoms with Crippen molar-refractivity contribution in [2.24, 2.45) is 0 Å². The van der Waals surface area contributed by atoms with Gasteiger partial charge < -0.3 is 19.9 Å². The second-order valence-corrected chi connectivity index (χ2v) is 8.10. The van der Waals surface area contributed by atoms with E-state index in [0.717, 1.165) is 16.7 Å². The van der Waals surface area contributed by atoms with Gasteiger partial charge in [-0.25, -0.2) is 4.79 Å². The molecule has 2 atom stereocenters. The highest BCUT2D eigenvalue weighted by Crippen LogP contribution is 2.23. The van der Waals surface area contributed by atoms with Crippen LogP contribution in [0.25, 0.3) is 6.08 Å². The molecule has 0 bridgehead atoms. The van der Waals surface area contributed by atoms with Gasteiger partial charge in [0.2, 0.25) is 5.91 Å². The predicted octanol–water partition coefficient (Wildman–Crippen LogP) is 3.74. The minimum atomic E-state index is -1.21.